The van der Waals surface area contributed by atoms with Gasteiger partial charge in [-0.15, -0.1) is 0 Å². The molecular formula is C20H19N3O4. The number of urea groups is 1. The smallest absolute Gasteiger partial charge is 0.331 e. The number of benzene rings is 1. The van der Waals surface area contributed by atoms with Crippen molar-refractivity contribution in [1.29, 1.82) is 0 Å². The Morgan fingerprint density at radius 1 is 1.04 bits per heavy atom. The third kappa shape index (κ3) is 3.48. The van der Waals surface area contributed by atoms with E-state index in [1.165, 1.54) is 25.2 Å². The Morgan fingerprint density at radius 3 is 2.44 bits per heavy atom. The highest BCUT2D eigenvalue weighted by Gasteiger charge is 2.36. The predicted molar refractivity (Wildman–Crippen MR) is 98.7 cm³/mol. The van der Waals surface area contributed by atoms with Gasteiger partial charge in [0.2, 0.25) is 0 Å². The van der Waals surface area contributed by atoms with Gasteiger partial charge >= 0.3 is 6.03 Å². The fourth-order valence-corrected chi connectivity index (χ4v) is 3.32. The summed E-state index contributed by atoms with van der Waals surface area (Å²) in [7, 11) is 0. The number of hydrogen-bond acceptors (Lipinski definition) is 5. The summed E-state index contributed by atoms with van der Waals surface area (Å²) < 4.78 is 5.19. The summed E-state index contributed by atoms with van der Waals surface area (Å²) in [5.74, 6) is -0.866. The van der Waals surface area contributed by atoms with Gasteiger partial charge in [-0.05, 0) is 48.7 Å². The minimum Gasteiger partial charge on any atom is -0.467 e. The van der Waals surface area contributed by atoms with Crippen LogP contribution in [-0.4, -0.2) is 35.8 Å². The molecule has 7 heteroatoms. The van der Waals surface area contributed by atoms with Crippen LogP contribution in [0.1, 0.15) is 24.2 Å². The molecule has 1 aromatic heterocycles. The lowest BCUT2D eigenvalue weighted by molar-refractivity contribution is -0.130. The number of amides is 4. The maximum Gasteiger partial charge on any atom is 0.331 e. The maximum absolute atomic E-state index is 12.7. The van der Waals surface area contributed by atoms with Gasteiger partial charge in [0, 0.05) is 18.8 Å². The first-order chi connectivity index (χ1) is 13.1. The number of carbonyl (C=O) groups excluding carboxylic acids is 3. The highest BCUT2D eigenvalue weighted by molar-refractivity contribution is 6.30. The van der Waals surface area contributed by atoms with Crippen LogP contribution >= 0.6 is 0 Å². The van der Waals surface area contributed by atoms with E-state index in [0.29, 0.717) is 5.76 Å². The molecule has 0 spiro atoms. The van der Waals surface area contributed by atoms with Crippen LogP contribution in [-0.2, 0) is 16.1 Å². The molecule has 2 saturated heterocycles. The molecule has 0 unspecified atom stereocenters. The Kier molecular flexibility index (Phi) is 4.50. The Labute approximate surface area is 156 Å². The summed E-state index contributed by atoms with van der Waals surface area (Å²) in [5, 5.41) is 2.21. The number of furan rings is 1. The zero-order chi connectivity index (χ0) is 18.8. The van der Waals surface area contributed by atoms with Crippen molar-refractivity contribution >= 4 is 29.6 Å². The number of carbonyl (C=O) groups is 3. The van der Waals surface area contributed by atoms with Gasteiger partial charge < -0.3 is 9.32 Å². The molecule has 0 atom stereocenters. The van der Waals surface area contributed by atoms with Crippen LogP contribution in [0.5, 0.6) is 0 Å². The van der Waals surface area contributed by atoms with Crippen molar-refractivity contribution in [2.24, 2.45) is 0 Å². The molecule has 138 valence electrons. The first-order valence-electron chi connectivity index (χ1n) is 8.88. The van der Waals surface area contributed by atoms with Gasteiger partial charge in [0.1, 0.15) is 11.3 Å². The van der Waals surface area contributed by atoms with Gasteiger partial charge in [0.25, 0.3) is 11.8 Å². The van der Waals surface area contributed by atoms with Gasteiger partial charge in [0.15, 0.2) is 0 Å². The van der Waals surface area contributed by atoms with E-state index in [4.69, 9.17) is 4.42 Å². The van der Waals surface area contributed by atoms with Crippen LogP contribution in [0, 0.1) is 0 Å². The highest BCUT2D eigenvalue weighted by Crippen LogP contribution is 2.22. The van der Waals surface area contributed by atoms with Crippen LogP contribution in [0.2, 0.25) is 0 Å². The number of rotatable bonds is 4. The van der Waals surface area contributed by atoms with E-state index in [-0.39, 0.29) is 12.1 Å². The normalized spacial score (nSPS) is 19.1. The number of imide groups is 2. The first kappa shape index (κ1) is 17.1. The summed E-state index contributed by atoms with van der Waals surface area (Å²) in [4.78, 5) is 40.1. The lowest BCUT2D eigenvalue weighted by Crippen LogP contribution is -2.53. The average molecular weight is 365 g/mol. The molecule has 2 aliphatic heterocycles. The van der Waals surface area contributed by atoms with E-state index in [1.807, 2.05) is 24.3 Å². The molecule has 4 amide bonds. The number of anilines is 1. The maximum atomic E-state index is 12.7. The zero-order valence-corrected chi connectivity index (χ0v) is 14.7. The van der Waals surface area contributed by atoms with E-state index in [9.17, 15) is 14.4 Å². The zero-order valence-electron chi connectivity index (χ0n) is 14.7. The fourth-order valence-electron chi connectivity index (χ4n) is 3.32. The van der Waals surface area contributed by atoms with Gasteiger partial charge in [0.05, 0.1) is 12.8 Å². The molecule has 27 heavy (non-hydrogen) atoms. The van der Waals surface area contributed by atoms with Crippen molar-refractivity contribution in [3.8, 4) is 0 Å². The Balaban J connectivity index is 1.56. The molecule has 3 heterocycles. The van der Waals surface area contributed by atoms with Crippen LogP contribution in [0.25, 0.3) is 6.08 Å². The molecule has 0 saturated carbocycles. The highest BCUT2D eigenvalue weighted by atomic mass is 16.3. The number of hydrogen-bond donors (Lipinski definition) is 1. The van der Waals surface area contributed by atoms with E-state index >= 15 is 0 Å². The number of nitrogens with one attached hydrogen (secondary N) is 1. The Hall–Kier alpha value is -3.35. The van der Waals surface area contributed by atoms with E-state index < -0.39 is 17.8 Å². The van der Waals surface area contributed by atoms with Gasteiger partial charge in [-0.1, -0.05) is 12.1 Å². The minimum absolute atomic E-state index is 0.0316. The third-order valence-electron chi connectivity index (χ3n) is 4.76. The van der Waals surface area contributed by atoms with Crippen LogP contribution < -0.4 is 10.2 Å². The monoisotopic (exact) mass is 365 g/mol. The summed E-state index contributed by atoms with van der Waals surface area (Å²) >= 11 is 0. The molecule has 1 N–H and O–H groups in total. The van der Waals surface area contributed by atoms with Crippen molar-refractivity contribution < 1.29 is 18.8 Å². The van der Waals surface area contributed by atoms with Gasteiger partial charge in [-0.25, -0.2) is 4.79 Å². The Morgan fingerprint density at radius 2 is 1.78 bits per heavy atom. The van der Waals surface area contributed by atoms with E-state index in [2.05, 4.69) is 10.2 Å². The molecule has 0 aliphatic carbocycles. The molecule has 2 fully saturated rings. The van der Waals surface area contributed by atoms with Gasteiger partial charge in [-0.3, -0.25) is 19.8 Å². The van der Waals surface area contributed by atoms with Crippen molar-refractivity contribution in [3.63, 3.8) is 0 Å². The minimum atomic E-state index is -0.747. The van der Waals surface area contributed by atoms with Crippen molar-refractivity contribution in [3.05, 3.63) is 59.6 Å². The quantitative estimate of drug-likeness (QED) is 0.665. The summed E-state index contributed by atoms with van der Waals surface area (Å²) in [6.45, 7) is 2.06. The van der Waals surface area contributed by atoms with E-state index in [1.54, 1.807) is 12.1 Å². The molecule has 0 bridgehead atoms. The fraction of sp³-hybridized carbons (Fsp3) is 0.250. The predicted octanol–water partition coefficient (Wildman–Crippen LogP) is 2.54. The molecule has 0 radical (unpaired) electrons. The second-order valence-corrected chi connectivity index (χ2v) is 6.57. The standard InChI is InChI=1S/C20H19N3O4/c24-18-17(12-14-5-7-15(8-6-14)22-9-1-2-10-22)19(25)23(20(26)21-18)13-16-4-3-11-27-16/h3-8,11-12H,1-2,9-10,13H2,(H,21,24,26). The second kappa shape index (κ2) is 7.11. The van der Waals surface area contributed by atoms with Crippen LogP contribution in [0.4, 0.5) is 10.5 Å². The first-order valence-corrected chi connectivity index (χ1v) is 8.88. The van der Waals surface area contributed by atoms with Crippen molar-refractivity contribution in [1.82, 2.24) is 10.2 Å². The molecule has 4 rings (SSSR count). The van der Waals surface area contributed by atoms with E-state index in [0.717, 1.165) is 29.2 Å². The Bertz CT molecular complexity index is 894. The topological polar surface area (TPSA) is 82.9 Å². The number of barbiturate groups is 1. The van der Waals surface area contributed by atoms with Crippen molar-refractivity contribution in [2.75, 3.05) is 18.0 Å². The largest absolute Gasteiger partial charge is 0.467 e. The molecule has 2 aliphatic rings. The summed E-state index contributed by atoms with van der Waals surface area (Å²) in [5.41, 5.74) is 1.78. The van der Waals surface area contributed by atoms with Crippen LogP contribution in [0.15, 0.2) is 52.7 Å². The summed E-state index contributed by atoms with van der Waals surface area (Å²) in [6, 6.07) is 10.3. The number of nitrogens with zero attached hydrogens (tertiary/aromatic N) is 2. The molecule has 7 nitrogen and oxygen atoms in total. The SMILES string of the molecule is O=C1NC(=O)N(Cc2ccco2)C(=O)C1=Cc1ccc(N2CCCC2)cc1. The lowest BCUT2D eigenvalue weighted by Gasteiger charge is -2.25. The van der Waals surface area contributed by atoms with Crippen LogP contribution in [0.3, 0.4) is 0 Å². The van der Waals surface area contributed by atoms with Crippen molar-refractivity contribution in [2.45, 2.75) is 19.4 Å². The average Bonchev–Trinajstić information content (AvgIpc) is 3.36. The molecule has 2 aromatic rings. The molecule has 1 aromatic carbocycles. The second-order valence-electron chi connectivity index (χ2n) is 6.57. The third-order valence-corrected chi connectivity index (χ3v) is 4.76. The lowest BCUT2D eigenvalue weighted by atomic mass is 10.1. The summed E-state index contributed by atoms with van der Waals surface area (Å²) in [6.07, 6.45) is 5.36. The molecular weight excluding hydrogens is 346 g/mol. The van der Waals surface area contributed by atoms with Gasteiger partial charge in [-0.2, -0.15) is 0 Å².